The van der Waals surface area contributed by atoms with Gasteiger partial charge in [0.1, 0.15) is 11.6 Å². The van der Waals surface area contributed by atoms with Gasteiger partial charge in [0.05, 0.1) is 29.1 Å². The molecule has 0 aliphatic rings. The Morgan fingerprint density at radius 1 is 1.25 bits per heavy atom. The van der Waals surface area contributed by atoms with Crippen LogP contribution < -0.4 is 10.3 Å². The summed E-state index contributed by atoms with van der Waals surface area (Å²) in [6.07, 6.45) is -0.722. The maximum Gasteiger partial charge on any atom is 0.263 e. The fraction of sp³-hybridized carbons (Fsp3) is 0.238. The Labute approximate surface area is 162 Å². The molecule has 0 bridgehead atoms. The fourth-order valence-electron chi connectivity index (χ4n) is 2.86. The number of H-pyrrole nitrogens is 1. The van der Waals surface area contributed by atoms with E-state index in [0.29, 0.717) is 34.6 Å². The van der Waals surface area contributed by atoms with Crippen LogP contribution in [0.2, 0.25) is 0 Å². The highest BCUT2D eigenvalue weighted by Gasteiger charge is 2.22. The van der Waals surface area contributed by atoms with Crippen LogP contribution in [0.4, 0.5) is 0 Å². The molecule has 1 heterocycles. The third-order valence-corrected chi connectivity index (χ3v) is 4.34. The first-order valence-electron chi connectivity index (χ1n) is 8.95. The van der Waals surface area contributed by atoms with E-state index in [1.54, 1.807) is 54.3 Å². The summed E-state index contributed by atoms with van der Waals surface area (Å²) >= 11 is 0. The maximum absolute atomic E-state index is 12.8. The molecule has 0 aliphatic heterocycles. The van der Waals surface area contributed by atoms with Crippen LogP contribution in [0, 0.1) is 11.3 Å². The predicted octanol–water partition coefficient (Wildman–Crippen LogP) is 2.61. The quantitative estimate of drug-likeness (QED) is 0.713. The molecule has 1 unspecified atom stereocenters. The monoisotopic (exact) mass is 376 g/mol. The molecule has 1 N–H and O–H groups in total. The molecule has 3 rings (SSSR count). The van der Waals surface area contributed by atoms with Gasteiger partial charge >= 0.3 is 0 Å². The number of hydrogen-bond donors (Lipinski definition) is 1. The second kappa shape index (κ2) is 8.35. The molecule has 1 atom stereocenters. The maximum atomic E-state index is 12.8. The number of hydrogen-bond acceptors (Lipinski definition) is 5. The molecule has 1 aromatic heterocycles. The van der Waals surface area contributed by atoms with Gasteiger partial charge in [0.25, 0.3) is 11.5 Å². The first kappa shape index (κ1) is 19.1. The van der Waals surface area contributed by atoms with Crippen LogP contribution in [0.15, 0.2) is 53.3 Å². The van der Waals surface area contributed by atoms with Crippen molar-refractivity contribution < 1.29 is 9.53 Å². The van der Waals surface area contributed by atoms with Crippen molar-refractivity contribution in [1.29, 1.82) is 5.26 Å². The third-order valence-electron chi connectivity index (χ3n) is 4.34. The summed E-state index contributed by atoms with van der Waals surface area (Å²) in [7, 11) is 0. The minimum atomic E-state index is -0.722. The number of amides is 1. The van der Waals surface area contributed by atoms with Crippen LogP contribution >= 0.6 is 0 Å². The van der Waals surface area contributed by atoms with E-state index in [9.17, 15) is 9.59 Å². The fourth-order valence-corrected chi connectivity index (χ4v) is 2.86. The number of fused-ring (bicyclic) bond motifs is 1. The van der Waals surface area contributed by atoms with Gasteiger partial charge < -0.3 is 14.6 Å². The van der Waals surface area contributed by atoms with E-state index in [1.165, 1.54) is 0 Å². The summed E-state index contributed by atoms with van der Waals surface area (Å²) in [5.74, 6) is 0.709. The summed E-state index contributed by atoms with van der Waals surface area (Å²) < 4.78 is 5.70. The number of nitrogens with one attached hydrogen (secondary N) is 1. The number of aromatic amines is 1. The molecule has 0 aliphatic carbocycles. The van der Waals surface area contributed by atoms with Crippen molar-refractivity contribution in [1.82, 2.24) is 14.9 Å². The van der Waals surface area contributed by atoms with Gasteiger partial charge in [-0.25, -0.2) is 4.98 Å². The summed E-state index contributed by atoms with van der Waals surface area (Å²) in [6, 6.07) is 15.7. The Hall–Kier alpha value is -3.66. The molecular weight excluding hydrogens is 356 g/mol. The van der Waals surface area contributed by atoms with Gasteiger partial charge in [-0.2, -0.15) is 5.26 Å². The molecule has 7 nitrogen and oxygen atoms in total. The Kier molecular flexibility index (Phi) is 5.70. The topological polar surface area (TPSA) is 99.1 Å². The smallest absolute Gasteiger partial charge is 0.263 e. The number of carbonyl (C=O) groups excluding carboxylic acids is 1. The van der Waals surface area contributed by atoms with E-state index in [1.807, 2.05) is 19.1 Å². The van der Waals surface area contributed by atoms with Gasteiger partial charge in [-0.1, -0.05) is 12.1 Å². The van der Waals surface area contributed by atoms with Crippen molar-refractivity contribution in [3.8, 4) is 11.8 Å². The average molecular weight is 376 g/mol. The van der Waals surface area contributed by atoms with Crippen LogP contribution in [0.25, 0.3) is 10.9 Å². The van der Waals surface area contributed by atoms with Gasteiger partial charge in [-0.3, -0.25) is 9.59 Å². The highest BCUT2D eigenvalue weighted by molar-refractivity contribution is 5.81. The first-order valence-corrected chi connectivity index (χ1v) is 8.95. The first-order chi connectivity index (χ1) is 13.5. The second-order valence-corrected chi connectivity index (χ2v) is 6.28. The number of ether oxygens (including phenoxy) is 1. The Balaban J connectivity index is 1.74. The predicted molar refractivity (Wildman–Crippen MR) is 105 cm³/mol. The Morgan fingerprint density at radius 3 is 2.64 bits per heavy atom. The number of para-hydroxylation sites is 1. The van der Waals surface area contributed by atoms with Crippen molar-refractivity contribution in [3.63, 3.8) is 0 Å². The third kappa shape index (κ3) is 4.18. The molecule has 0 radical (unpaired) electrons. The Bertz CT molecular complexity index is 1080. The lowest BCUT2D eigenvalue weighted by Crippen LogP contribution is -2.40. The molecular formula is C21H20N4O3. The molecule has 28 heavy (non-hydrogen) atoms. The zero-order valence-corrected chi connectivity index (χ0v) is 15.7. The van der Waals surface area contributed by atoms with Crippen molar-refractivity contribution in [2.24, 2.45) is 0 Å². The van der Waals surface area contributed by atoms with Gasteiger partial charge in [-0.15, -0.1) is 0 Å². The number of carbonyl (C=O) groups is 1. The van der Waals surface area contributed by atoms with Gasteiger partial charge in [0.15, 0.2) is 6.10 Å². The summed E-state index contributed by atoms with van der Waals surface area (Å²) in [5.41, 5.74) is 0.880. The highest BCUT2D eigenvalue weighted by atomic mass is 16.5. The van der Waals surface area contributed by atoms with Crippen LogP contribution in [-0.2, 0) is 11.3 Å². The molecule has 7 heteroatoms. The minimum Gasteiger partial charge on any atom is -0.481 e. The summed E-state index contributed by atoms with van der Waals surface area (Å²) in [4.78, 5) is 33.8. The summed E-state index contributed by atoms with van der Waals surface area (Å²) in [5, 5.41) is 9.36. The molecule has 0 saturated heterocycles. The second-order valence-electron chi connectivity index (χ2n) is 6.28. The molecule has 0 saturated carbocycles. The van der Waals surface area contributed by atoms with E-state index in [4.69, 9.17) is 10.00 Å². The molecule has 0 spiro atoms. The van der Waals surface area contributed by atoms with Crippen molar-refractivity contribution >= 4 is 16.8 Å². The summed E-state index contributed by atoms with van der Waals surface area (Å²) in [6.45, 7) is 4.14. The largest absolute Gasteiger partial charge is 0.481 e. The van der Waals surface area contributed by atoms with Crippen molar-refractivity contribution in [2.75, 3.05) is 6.54 Å². The average Bonchev–Trinajstić information content (AvgIpc) is 2.72. The molecule has 142 valence electrons. The van der Waals surface area contributed by atoms with Crippen LogP contribution in [-0.4, -0.2) is 33.4 Å². The number of benzene rings is 2. The molecule has 0 fully saturated rings. The highest BCUT2D eigenvalue weighted by Crippen LogP contribution is 2.15. The number of rotatable bonds is 6. The van der Waals surface area contributed by atoms with E-state index in [0.717, 1.165) is 0 Å². The molecule has 1 amide bonds. The standard InChI is InChI=1S/C21H20N4O3/c1-3-25(13-19-23-18-7-5-4-6-17(18)20(26)24-19)21(27)14(2)28-16-10-8-15(12-22)9-11-16/h4-11,14H,3,13H2,1-2H3,(H,23,24,26). The van der Waals surface area contributed by atoms with Crippen LogP contribution in [0.5, 0.6) is 5.75 Å². The SMILES string of the molecule is CCN(Cc1nc2ccccc2c(=O)[nH]1)C(=O)C(C)Oc1ccc(C#N)cc1. The van der Waals surface area contributed by atoms with Gasteiger partial charge in [-0.05, 0) is 50.2 Å². The Morgan fingerprint density at radius 2 is 1.96 bits per heavy atom. The van der Waals surface area contributed by atoms with E-state index >= 15 is 0 Å². The van der Waals surface area contributed by atoms with E-state index in [2.05, 4.69) is 9.97 Å². The number of nitrogens with zero attached hydrogens (tertiary/aromatic N) is 3. The lowest BCUT2D eigenvalue weighted by molar-refractivity contribution is -0.138. The number of likely N-dealkylation sites (N-methyl/N-ethyl adjacent to an activating group) is 1. The molecule has 2 aromatic carbocycles. The normalized spacial score (nSPS) is 11.6. The minimum absolute atomic E-state index is 0.177. The molecule has 3 aromatic rings. The number of nitriles is 1. The lowest BCUT2D eigenvalue weighted by Gasteiger charge is -2.24. The van der Waals surface area contributed by atoms with E-state index in [-0.39, 0.29) is 18.0 Å². The van der Waals surface area contributed by atoms with Crippen molar-refractivity contribution in [2.45, 2.75) is 26.5 Å². The van der Waals surface area contributed by atoms with Crippen LogP contribution in [0.3, 0.4) is 0 Å². The van der Waals surface area contributed by atoms with Gasteiger partial charge in [0, 0.05) is 6.54 Å². The van der Waals surface area contributed by atoms with Crippen molar-refractivity contribution in [3.05, 3.63) is 70.3 Å². The van der Waals surface area contributed by atoms with Gasteiger partial charge in [0.2, 0.25) is 0 Å². The zero-order chi connectivity index (χ0) is 20.1. The number of aromatic nitrogens is 2. The zero-order valence-electron chi connectivity index (χ0n) is 15.7. The van der Waals surface area contributed by atoms with Crippen LogP contribution in [0.1, 0.15) is 25.2 Å². The lowest BCUT2D eigenvalue weighted by atomic mass is 10.2. The van der Waals surface area contributed by atoms with E-state index < -0.39 is 6.10 Å².